The summed E-state index contributed by atoms with van der Waals surface area (Å²) in [5.74, 6) is -1.12. The van der Waals surface area contributed by atoms with Crippen LogP contribution in [0.3, 0.4) is 0 Å². The topological polar surface area (TPSA) is 69.6 Å². The Balaban J connectivity index is 2.84. The highest BCUT2D eigenvalue weighted by Gasteiger charge is 2.27. The van der Waals surface area contributed by atoms with Crippen LogP contribution in [0.1, 0.15) is 27.2 Å². The van der Waals surface area contributed by atoms with Gasteiger partial charge in [0.15, 0.2) is 0 Å². The molecular weight excluding hydrogens is 256 g/mol. The molecule has 5 nitrogen and oxygen atoms in total. The van der Waals surface area contributed by atoms with Gasteiger partial charge in [0.05, 0.1) is 0 Å². The third kappa shape index (κ3) is 3.98. The van der Waals surface area contributed by atoms with Crippen molar-refractivity contribution in [2.75, 3.05) is 11.4 Å². The summed E-state index contributed by atoms with van der Waals surface area (Å²) in [4.78, 5) is 25.0. The molecular formula is C15H22N2O3. The van der Waals surface area contributed by atoms with Gasteiger partial charge in [-0.3, -0.25) is 4.90 Å². The summed E-state index contributed by atoms with van der Waals surface area (Å²) in [6, 6.07) is 7.94. The maximum absolute atomic E-state index is 12.3. The molecule has 0 aliphatic heterocycles. The summed E-state index contributed by atoms with van der Waals surface area (Å²) in [7, 11) is 0. The highest BCUT2D eigenvalue weighted by atomic mass is 16.4. The van der Waals surface area contributed by atoms with E-state index in [9.17, 15) is 14.7 Å². The van der Waals surface area contributed by atoms with Gasteiger partial charge in [-0.25, -0.2) is 9.59 Å². The molecule has 5 heteroatoms. The number of urea groups is 1. The number of rotatable bonds is 6. The fourth-order valence-corrected chi connectivity index (χ4v) is 1.95. The fourth-order valence-electron chi connectivity index (χ4n) is 1.95. The minimum Gasteiger partial charge on any atom is -0.480 e. The number of aliphatic carboxylic acids is 1. The Labute approximate surface area is 119 Å². The molecule has 0 bridgehead atoms. The number of carboxylic acid groups (broad SMARTS) is 1. The molecule has 110 valence electrons. The molecule has 0 spiro atoms. The van der Waals surface area contributed by atoms with E-state index in [0.29, 0.717) is 13.0 Å². The van der Waals surface area contributed by atoms with Gasteiger partial charge in [0.25, 0.3) is 0 Å². The molecule has 2 N–H and O–H groups in total. The first-order chi connectivity index (χ1) is 9.51. The second-order valence-corrected chi connectivity index (χ2v) is 4.73. The Morgan fingerprint density at radius 1 is 1.25 bits per heavy atom. The fraction of sp³-hybridized carbons (Fsp3) is 0.467. The van der Waals surface area contributed by atoms with Crippen molar-refractivity contribution in [2.24, 2.45) is 5.92 Å². The largest absolute Gasteiger partial charge is 0.480 e. The molecule has 0 aliphatic rings. The van der Waals surface area contributed by atoms with Crippen molar-refractivity contribution in [3.63, 3.8) is 0 Å². The summed E-state index contributed by atoms with van der Waals surface area (Å²) in [5.41, 5.74) is 0.751. The Bertz CT molecular complexity index is 448. The number of hydrogen-bond acceptors (Lipinski definition) is 2. The lowest BCUT2D eigenvalue weighted by Crippen LogP contribution is -2.50. The molecule has 0 aliphatic carbocycles. The molecule has 1 rings (SSSR count). The molecule has 0 fully saturated rings. The number of nitrogens with zero attached hydrogens (tertiary/aromatic N) is 1. The smallest absolute Gasteiger partial charge is 0.326 e. The van der Waals surface area contributed by atoms with Crippen molar-refractivity contribution in [1.29, 1.82) is 0 Å². The third-order valence-corrected chi connectivity index (χ3v) is 3.39. The lowest BCUT2D eigenvalue weighted by molar-refractivity contribution is -0.140. The van der Waals surface area contributed by atoms with E-state index in [4.69, 9.17) is 0 Å². The van der Waals surface area contributed by atoms with Crippen molar-refractivity contribution < 1.29 is 14.7 Å². The van der Waals surface area contributed by atoms with Crippen LogP contribution < -0.4 is 10.2 Å². The van der Waals surface area contributed by atoms with Gasteiger partial charge in [-0.05, 0) is 25.0 Å². The summed E-state index contributed by atoms with van der Waals surface area (Å²) < 4.78 is 0. The van der Waals surface area contributed by atoms with Crippen molar-refractivity contribution in [3.05, 3.63) is 30.3 Å². The monoisotopic (exact) mass is 278 g/mol. The predicted octanol–water partition coefficient (Wildman–Crippen LogP) is 2.72. The minimum atomic E-state index is -1.00. The molecule has 0 heterocycles. The van der Waals surface area contributed by atoms with Crippen LogP contribution in [0.15, 0.2) is 30.3 Å². The second kappa shape index (κ2) is 7.53. The highest BCUT2D eigenvalue weighted by molar-refractivity contribution is 5.94. The molecule has 2 amide bonds. The van der Waals surface area contributed by atoms with Crippen LogP contribution in [-0.2, 0) is 4.79 Å². The van der Waals surface area contributed by atoms with E-state index in [1.807, 2.05) is 51.1 Å². The van der Waals surface area contributed by atoms with E-state index in [1.54, 1.807) is 0 Å². The van der Waals surface area contributed by atoms with Crippen molar-refractivity contribution in [2.45, 2.75) is 33.2 Å². The lowest BCUT2D eigenvalue weighted by Gasteiger charge is -2.26. The quantitative estimate of drug-likeness (QED) is 0.840. The lowest BCUT2D eigenvalue weighted by atomic mass is 9.99. The molecule has 1 aromatic carbocycles. The maximum Gasteiger partial charge on any atom is 0.326 e. The zero-order valence-electron chi connectivity index (χ0n) is 12.2. The van der Waals surface area contributed by atoms with Crippen LogP contribution in [-0.4, -0.2) is 29.7 Å². The Morgan fingerprint density at radius 3 is 2.30 bits per heavy atom. The number of carbonyl (C=O) groups excluding carboxylic acids is 1. The van der Waals surface area contributed by atoms with E-state index in [0.717, 1.165) is 5.69 Å². The Hall–Kier alpha value is -2.04. The van der Waals surface area contributed by atoms with Crippen molar-refractivity contribution in [1.82, 2.24) is 5.32 Å². The standard InChI is InChI=1S/C15H22N2O3/c1-4-11(3)13(14(18)19)16-15(20)17(5-2)12-9-7-6-8-10-12/h6-11,13H,4-5H2,1-3H3,(H,16,20)(H,18,19)/t11-,13+/m1/s1. The van der Waals surface area contributed by atoms with Gasteiger partial charge in [-0.15, -0.1) is 0 Å². The van der Waals surface area contributed by atoms with Gasteiger partial charge in [0, 0.05) is 12.2 Å². The zero-order valence-corrected chi connectivity index (χ0v) is 12.2. The molecule has 0 aromatic heterocycles. The first-order valence-corrected chi connectivity index (χ1v) is 6.87. The SMILES string of the molecule is CC[C@@H](C)[C@H](NC(=O)N(CC)c1ccccc1)C(=O)O. The van der Waals surface area contributed by atoms with Gasteiger partial charge < -0.3 is 10.4 Å². The van der Waals surface area contributed by atoms with Gasteiger partial charge in [0.2, 0.25) is 0 Å². The average Bonchev–Trinajstić information content (AvgIpc) is 2.45. The van der Waals surface area contributed by atoms with Crippen LogP contribution >= 0.6 is 0 Å². The van der Waals surface area contributed by atoms with Crippen LogP contribution in [0, 0.1) is 5.92 Å². The summed E-state index contributed by atoms with van der Waals surface area (Å²) >= 11 is 0. The maximum atomic E-state index is 12.3. The van der Waals surface area contributed by atoms with Gasteiger partial charge in [-0.1, -0.05) is 38.5 Å². The number of nitrogens with one attached hydrogen (secondary N) is 1. The third-order valence-electron chi connectivity index (χ3n) is 3.39. The average molecular weight is 278 g/mol. The normalized spacial score (nSPS) is 13.3. The number of carbonyl (C=O) groups is 2. The molecule has 0 radical (unpaired) electrons. The first kappa shape index (κ1) is 16.0. The molecule has 0 saturated heterocycles. The van der Waals surface area contributed by atoms with Crippen molar-refractivity contribution >= 4 is 17.7 Å². The molecule has 2 atom stereocenters. The van der Waals surface area contributed by atoms with Crippen LogP contribution in [0.4, 0.5) is 10.5 Å². The Kier molecular flexibility index (Phi) is 6.03. The van der Waals surface area contributed by atoms with Crippen LogP contribution in [0.25, 0.3) is 0 Å². The number of carboxylic acids is 1. The summed E-state index contributed by atoms with van der Waals surface area (Å²) in [6.07, 6.45) is 0.689. The van der Waals surface area contributed by atoms with Crippen LogP contribution in [0.2, 0.25) is 0 Å². The minimum absolute atomic E-state index is 0.120. The number of amides is 2. The van der Waals surface area contributed by atoms with Gasteiger partial charge in [-0.2, -0.15) is 0 Å². The molecule has 0 saturated carbocycles. The van der Waals surface area contributed by atoms with Crippen molar-refractivity contribution in [3.8, 4) is 0 Å². The van der Waals surface area contributed by atoms with Crippen LogP contribution in [0.5, 0.6) is 0 Å². The number of para-hydroxylation sites is 1. The highest BCUT2D eigenvalue weighted by Crippen LogP contribution is 2.14. The Morgan fingerprint density at radius 2 is 1.85 bits per heavy atom. The van der Waals surface area contributed by atoms with E-state index in [-0.39, 0.29) is 11.9 Å². The molecule has 0 unspecified atom stereocenters. The number of hydrogen-bond donors (Lipinski definition) is 2. The summed E-state index contributed by atoms with van der Waals surface area (Å²) in [5, 5.41) is 11.8. The first-order valence-electron chi connectivity index (χ1n) is 6.87. The van der Waals surface area contributed by atoms with Gasteiger partial charge >= 0.3 is 12.0 Å². The van der Waals surface area contributed by atoms with Gasteiger partial charge in [0.1, 0.15) is 6.04 Å². The van der Waals surface area contributed by atoms with E-state index < -0.39 is 12.0 Å². The van der Waals surface area contributed by atoms with E-state index in [1.165, 1.54) is 4.90 Å². The zero-order chi connectivity index (χ0) is 15.1. The predicted molar refractivity (Wildman–Crippen MR) is 78.9 cm³/mol. The number of benzene rings is 1. The molecule has 1 aromatic rings. The van der Waals surface area contributed by atoms with E-state index >= 15 is 0 Å². The second-order valence-electron chi connectivity index (χ2n) is 4.73. The molecule has 20 heavy (non-hydrogen) atoms. The van der Waals surface area contributed by atoms with E-state index in [2.05, 4.69) is 5.32 Å². The summed E-state index contributed by atoms with van der Waals surface area (Å²) in [6.45, 7) is 6.05. The number of anilines is 1.